The van der Waals surface area contributed by atoms with Crippen molar-refractivity contribution in [3.05, 3.63) is 120 Å². The largest absolute Gasteiger partial charge is 0.342 e. The molecule has 4 aromatic rings. The highest BCUT2D eigenvalue weighted by molar-refractivity contribution is 5.86. The number of nitrogens with zero attached hydrogens (tertiary/aromatic N) is 1. The van der Waals surface area contributed by atoms with Gasteiger partial charge in [0, 0.05) is 13.6 Å². The molecule has 0 spiro atoms. The van der Waals surface area contributed by atoms with Crippen molar-refractivity contribution in [3.8, 4) is 33.4 Å². The lowest BCUT2D eigenvalue weighted by atomic mass is 9.92. The molecule has 0 aliphatic heterocycles. The van der Waals surface area contributed by atoms with Gasteiger partial charge in [-0.3, -0.25) is 4.79 Å². The van der Waals surface area contributed by atoms with Gasteiger partial charge in [-0.25, -0.2) is 0 Å². The molecule has 0 aromatic heterocycles. The Morgan fingerprint density at radius 1 is 0.675 bits per heavy atom. The summed E-state index contributed by atoms with van der Waals surface area (Å²) in [7, 11) is 1.82. The Hall–Kier alpha value is -3.91. The second-order valence-electron chi connectivity index (χ2n) is 10.7. The summed E-state index contributed by atoms with van der Waals surface area (Å²) < 4.78 is 0. The third-order valence-corrected chi connectivity index (χ3v) is 7.84. The average molecular weight is 530 g/mol. The Bertz CT molecular complexity index is 1380. The molecule has 0 bridgehead atoms. The van der Waals surface area contributed by atoms with Gasteiger partial charge < -0.3 is 4.90 Å². The molecule has 0 atom stereocenters. The first-order valence-corrected chi connectivity index (χ1v) is 14.8. The van der Waals surface area contributed by atoms with E-state index in [4.69, 9.17) is 0 Å². The van der Waals surface area contributed by atoms with Crippen molar-refractivity contribution in [2.24, 2.45) is 0 Å². The Kier molecular flexibility index (Phi) is 10.5. The monoisotopic (exact) mass is 529 g/mol. The molecule has 4 aromatic carbocycles. The number of aryl methyl sites for hydroxylation is 3. The number of unbranched alkanes of at least 4 members (excludes halogenated alkanes) is 2. The highest BCUT2D eigenvalue weighted by atomic mass is 16.2. The molecule has 0 saturated carbocycles. The number of hydrogen-bond donors (Lipinski definition) is 0. The molecule has 206 valence electrons. The normalized spacial score (nSPS) is 10.9. The van der Waals surface area contributed by atoms with Crippen LogP contribution in [-0.2, 0) is 24.1 Å². The van der Waals surface area contributed by atoms with Crippen LogP contribution in [0.4, 0.5) is 0 Å². The van der Waals surface area contributed by atoms with Gasteiger partial charge in [-0.05, 0) is 88.3 Å². The third kappa shape index (κ3) is 7.60. The molecular weight excluding hydrogens is 486 g/mol. The summed E-state index contributed by atoms with van der Waals surface area (Å²) in [6.07, 6.45) is 9.25. The van der Waals surface area contributed by atoms with E-state index < -0.39 is 0 Å². The summed E-state index contributed by atoms with van der Waals surface area (Å²) in [6.45, 7) is 8.78. The number of benzene rings is 4. The summed E-state index contributed by atoms with van der Waals surface area (Å²) in [5, 5.41) is 0. The zero-order chi connectivity index (χ0) is 28.3. The van der Waals surface area contributed by atoms with Gasteiger partial charge >= 0.3 is 0 Å². The van der Waals surface area contributed by atoms with E-state index in [1.54, 1.807) is 4.90 Å². The van der Waals surface area contributed by atoms with Crippen LogP contribution in [-0.4, -0.2) is 24.4 Å². The van der Waals surface area contributed by atoms with E-state index in [2.05, 4.69) is 111 Å². The van der Waals surface area contributed by atoms with Crippen molar-refractivity contribution in [3.63, 3.8) is 0 Å². The molecule has 0 fully saturated rings. The fourth-order valence-corrected chi connectivity index (χ4v) is 5.28. The number of likely N-dealkylation sites (N-methyl/N-ethyl adjacent to an activating group) is 1. The molecule has 2 nitrogen and oxygen atoms in total. The van der Waals surface area contributed by atoms with Crippen LogP contribution in [0.2, 0.25) is 0 Å². The number of hydrogen-bond acceptors (Lipinski definition) is 1. The average Bonchev–Trinajstić information content (AvgIpc) is 3.01. The van der Waals surface area contributed by atoms with Crippen molar-refractivity contribution in [1.82, 2.24) is 4.90 Å². The quantitative estimate of drug-likeness (QED) is 0.125. The minimum Gasteiger partial charge on any atom is -0.342 e. The molecule has 0 heterocycles. The van der Waals surface area contributed by atoms with E-state index in [1.807, 2.05) is 7.05 Å². The van der Waals surface area contributed by atoms with Crippen molar-refractivity contribution in [2.75, 3.05) is 13.6 Å². The Balaban J connectivity index is 1.42. The lowest BCUT2D eigenvalue weighted by Crippen LogP contribution is -2.25. The lowest BCUT2D eigenvalue weighted by molar-refractivity contribution is -0.124. The highest BCUT2D eigenvalue weighted by Crippen LogP contribution is 2.31. The second kappa shape index (κ2) is 14.5. The van der Waals surface area contributed by atoms with Crippen LogP contribution in [0.3, 0.4) is 0 Å². The first-order chi connectivity index (χ1) is 19.5. The van der Waals surface area contributed by atoms with E-state index in [9.17, 15) is 4.79 Å². The Labute approximate surface area is 241 Å². The van der Waals surface area contributed by atoms with E-state index >= 15 is 0 Å². The maximum absolute atomic E-state index is 11.7. The molecule has 0 saturated heterocycles. The molecular formula is C38H43NO. The van der Waals surface area contributed by atoms with Gasteiger partial charge in [-0.2, -0.15) is 0 Å². The second-order valence-corrected chi connectivity index (χ2v) is 10.7. The summed E-state index contributed by atoms with van der Waals surface area (Å²) in [5.74, 6) is -0.0235. The maximum atomic E-state index is 11.7. The first kappa shape index (κ1) is 29.1. The molecule has 0 radical (unpaired) electrons. The fraction of sp³-hybridized carbons (Fsp3) is 0.289. The number of rotatable bonds is 13. The Morgan fingerprint density at radius 2 is 1.18 bits per heavy atom. The van der Waals surface area contributed by atoms with Gasteiger partial charge in [-0.1, -0.05) is 124 Å². The van der Waals surface area contributed by atoms with Crippen LogP contribution >= 0.6 is 0 Å². The SMILES string of the molecule is C=CC(=O)N(C)CCCc1ccc(-c2ccc(-c3ccc(-c4ccc(CCCCC)cc4)cc3)cc2CC)cc1. The van der Waals surface area contributed by atoms with E-state index in [-0.39, 0.29) is 5.91 Å². The van der Waals surface area contributed by atoms with Crippen molar-refractivity contribution in [1.29, 1.82) is 0 Å². The summed E-state index contributed by atoms with van der Waals surface area (Å²) in [4.78, 5) is 13.4. The molecule has 2 heteroatoms. The van der Waals surface area contributed by atoms with E-state index in [0.717, 1.165) is 25.8 Å². The lowest BCUT2D eigenvalue weighted by Gasteiger charge is -2.15. The van der Waals surface area contributed by atoms with E-state index in [0.29, 0.717) is 0 Å². The molecule has 40 heavy (non-hydrogen) atoms. The summed E-state index contributed by atoms with van der Waals surface area (Å²) in [6, 6.07) is 33.8. The fourth-order valence-electron chi connectivity index (χ4n) is 5.28. The standard InChI is InChI=1S/C38H43NO/c1-5-8-9-11-29-13-17-32(18-14-29)33-21-23-34(24-22-33)36-25-26-37(31(6-2)28-36)35-19-15-30(16-20-35)12-10-27-39(4)38(40)7-3/h7,13-26,28H,3,5-6,8-12,27H2,1-2,4H3. The topological polar surface area (TPSA) is 20.3 Å². The summed E-state index contributed by atoms with van der Waals surface area (Å²) >= 11 is 0. The van der Waals surface area contributed by atoms with Gasteiger partial charge in [-0.15, -0.1) is 0 Å². The van der Waals surface area contributed by atoms with Crippen molar-refractivity contribution >= 4 is 5.91 Å². The highest BCUT2D eigenvalue weighted by Gasteiger charge is 2.09. The van der Waals surface area contributed by atoms with Crippen molar-refractivity contribution in [2.45, 2.75) is 58.8 Å². The van der Waals surface area contributed by atoms with Crippen LogP contribution < -0.4 is 0 Å². The third-order valence-electron chi connectivity index (χ3n) is 7.84. The van der Waals surface area contributed by atoms with Crippen LogP contribution in [0.15, 0.2) is 104 Å². The van der Waals surface area contributed by atoms with Crippen molar-refractivity contribution < 1.29 is 4.79 Å². The number of carbonyl (C=O) groups is 1. The predicted molar refractivity (Wildman–Crippen MR) is 172 cm³/mol. The van der Waals surface area contributed by atoms with Crippen LogP contribution in [0.1, 0.15) is 56.2 Å². The maximum Gasteiger partial charge on any atom is 0.245 e. The predicted octanol–water partition coefficient (Wildman–Crippen LogP) is 9.56. The van der Waals surface area contributed by atoms with Gasteiger partial charge in [0.2, 0.25) is 5.91 Å². The minimum absolute atomic E-state index is 0.0235. The molecule has 0 aliphatic rings. The minimum atomic E-state index is -0.0235. The smallest absolute Gasteiger partial charge is 0.245 e. The van der Waals surface area contributed by atoms with Crippen LogP contribution in [0.5, 0.6) is 0 Å². The molecule has 4 rings (SSSR count). The number of amides is 1. The Morgan fingerprint density at radius 3 is 1.73 bits per heavy atom. The van der Waals surface area contributed by atoms with Gasteiger partial charge in [0.15, 0.2) is 0 Å². The molecule has 0 N–H and O–H groups in total. The van der Waals surface area contributed by atoms with E-state index in [1.165, 1.54) is 81.8 Å². The van der Waals surface area contributed by atoms with Gasteiger partial charge in [0.1, 0.15) is 0 Å². The molecule has 0 unspecified atom stereocenters. The van der Waals surface area contributed by atoms with Gasteiger partial charge in [0.05, 0.1) is 0 Å². The molecule has 0 aliphatic carbocycles. The number of carbonyl (C=O) groups excluding carboxylic acids is 1. The summed E-state index contributed by atoms with van der Waals surface area (Å²) in [5.41, 5.74) is 11.7. The van der Waals surface area contributed by atoms with Gasteiger partial charge in [0.25, 0.3) is 0 Å². The first-order valence-electron chi connectivity index (χ1n) is 14.8. The zero-order valence-corrected chi connectivity index (χ0v) is 24.5. The molecule has 1 amide bonds. The van der Waals surface area contributed by atoms with Crippen LogP contribution in [0, 0.1) is 0 Å². The van der Waals surface area contributed by atoms with Crippen LogP contribution in [0.25, 0.3) is 33.4 Å². The zero-order valence-electron chi connectivity index (χ0n) is 24.5.